The van der Waals surface area contributed by atoms with Gasteiger partial charge in [-0.25, -0.2) is 4.79 Å². The lowest BCUT2D eigenvalue weighted by Crippen LogP contribution is -2.15. The van der Waals surface area contributed by atoms with E-state index in [1.165, 1.54) is 18.9 Å². The van der Waals surface area contributed by atoms with E-state index in [4.69, 9.17) is 4.74 Å². The zero-order valence-corrected chi connectivity index (χ0v) is 19.4. The van der Waals surface area contributed by atoms with Crippen LogP contribution in [0.25, 0.3) is 17.1 Å². The van der Waals surface area contributed by atoms with Crippen molar-refractivity contribution in [2.75, 3.05) is 25.3 Å². The normalized spacial score (nSPS) is 10.5. The van der Waals surface area contributed by atoms with Crippen LogP contribution in [0, 0.1) is 0 Å². The Balaban J connectivity index is 1.56. The maximum atomic E-state index is 12.6. The van der Waals surface area contributed by atoms with E-state index in [1.807, 2.05) is 59.2 Å². The van der Waals surface area contributed by atoms with E-state index >= 15 is 0 Å². The maximum Gasteiger partial charge on any atom is 0.337 e. The second-order valence-electron chi connectivity index (χ2n) is 7.09. The van der Waals surface area contributed by atoms with Crippen LogP contribution in [0.5, 0.6) is 5.75 Å². The number of thioether (sulfide) groups is 1. The van der Waals surface area contributed by atoms with E-state index in [0.717, 1.165) is 11.3 Å². The molecule has 0 aliphatic carbocycles. The molecule has 0 radical (unpaired) electrons. The number of ether oxygens (including phenoxy) is 2. The van der Waals surface area contributed by atoms with Gasteiger partial charge < -0.3 is 14.8 Å². The van der Waals surface area contributed by atoms with Crippen molar-refractivity contribution in [1.82, 2.24) is 14.8 Å². The summed E-state index contributed by atoms with van der Waals surface area (Å²) in [4.78, 5) is 24.2. The standard InChI is InChI=1S/C25H22N4O4S/c1-32-21-11-7-6-10-20(21)29-23(17-8-4-3-5-9-17)27-28-25(29)34-16-22(30)26-19-14-12-18(13-15-19)24(31)33-2/h3-15H,16H2,1-2H3,(H,26,30). The number of para-hydroxylation sites is 2. The zero-order chi connectivity index (χ0) is 23.9. The third kappa shape index (κ3) is 5.10. The number of hydrogen-bond acceptors (Lipinski definition) is 7. The number of anilines is 1. The van der Waals surface area contributed by atoms with Gasteiger partial charge in [0.15, 0.2) is 11.0 Å². The lowest BCUT2D eigenvalue weighted by molar-refractivity contribution is -0.113. The van der Waals surface area contributed by atoms with Crippen LogP contribution in [0.2, 0.25) is 0 Å². The summed E-state index contributed by atoms with van der Waals surface area (Å²) in [7, 11) is 2.93. The Hall–Kier alpha value is -4.11. The van der Waals surface area contributed by atoms with Gasteiger partial charge in [-0.15, -0.1) is 10.2 Å². The lowest BCUT2D eigenvalue weighted by Gasteiger charge is -2.14. The lowest BCUT2D eigenvalue weighted by atomic mass is 10.2. The molecule has 4 aromatic rings. The molecule has 0 aliphatic heterocycles. The molecule has 0 atom stereocenters. The minimum Gasteiger partial charge on any atom is -0.495 e. The Morgan fingerprint density at radius 1 is 0.912 bits per heavy atom. The first-order chi connectivity index (χ1) is 16.6. The number of esters is 1. The van der Waals surface area contributed by atoms with Gasteiger partial charge in [0, 0.05) is 11.3 Å². The average molecular weight is 475 g/mol. The molecule has 0 bridgehead atoms. The minimum atomic E-state index is -0.432. The van der Waals surface area contributed by atoms with Crippen molar-refractivity contribution in [1.29, 1.82) is 0 Å². The van der Waals surface area contributed by atoms with Crippen LogP contribution in [0.3, 0.4) is 0 Å². The molecule has 1 amide bonds. The number of aromatic nitrogens is 3. The van der Waals surface area contributed by atoms with E-state index in [2.05, 4.69) is 20.3 Å². The maximum absolute atomic E-state index is 12.6. The SMILES string of the molecule is COC(=O)c1ccc(NC(=O)CSc2nnc(-c3ccccc3)n2-c2ccccc2OC)cc1. The molecule has 8 nitrogen and oxygen atoms in total. The fourth-order valence-electron chi connectivity index (χ4n) is 3.30. The summed E-state index contributed by atoms with van der Waals surface area (Å²) in [5, 5.41) is 12.1. The zero-order valence-electron chi connectivity index (χ0n) is 18.6. The first-order valence-corrected chi connectivity index (χ1v) is 11.3. The highest BCUT2D eigenvalue weighted by Crippen LogP contribution is 2.32. The molecule has 34 heavy (non-hydrogen) atoms. The molecular formula is C25H22N4O4S. The van der Waals surface area contributed by atoms with Crippen LogP contribution in [-0.4, -0.2) is 46.6 Å². The summed E-state index contributed by atoms with van der Waals surface area (Å²) in [6, 6.07) is 23.8. The molecule has 1 N–H and O–H groups in total. The van der Waals surface area contributed by atoms with Crippen LogP contribution in [-0.2, 0) is 9.53 Å². The molecule has 1 heterocycles. The Morgan fingerprint density at radius 3 is 2.32 bits per heavy atom. The van der Waals surface area contributed by atoms with Gasteiger partial charge in [0.25, 0.3) is 0 Å². The molecule has 1 aromatic heterocycles. The molecule has 0 saturated heterocycles. The largest absolute Gasteiger partial charge is 0.495 e. The Bertz CT molecular complexity index is 1290. The van der Waals surface area contributed by atoms with Crippen molar-refractivity contribution in [2.24, 2.45) is 0 Å². The predicted molar refractivity (Wildman–Crippen MR) is 130 cm³/mol. The average Bonchev–Trinajstić information content (AvgIpc) is 3.31. The van der Waals surface area contributed by atoms with Crippen molar-refractivity contribution in [3.63, 3.8) is 0 Å². The fourth-order valence-corrected chi connectivity index (χ4v) is 4.05. The summed E-state index contributed by atoms with van der Waals surface area (Å²) >= 11 is 1.26. The number of carbonyl (C=O) groups is 2. The topological polar surface area (TPSA) is 95.3 Å². The quantitative estimate of drug-likeness (QED) is 0.298. The molecule has 0 saturated carbocycles. The van der Waals surface area contributed by atoms with Crippen LogP contribution in [0.4, 0.5) is 5.69 Å². The molecule has 172 valence electrons. The molecule has 3 aromatic carbocycles. The summed E-state index contributed by atoms with van der Waals surface area (Å²) in [5.41, 5.74) is 2.65. The summed E-state index contributed by atoms with van der Waals surface area (Å²) in [6.45, 7) is 0. The molecule has 9 heteroatoms. The van der Waals surface area contributed by atoms with Gasteiger partial charge in [-0.1, -0.05) is 54.2 Å². The van der Waals surface area contributed by atoms with Crippen LogP contribution >= 0.6 is 11.8 Å². The van der Waals surface area contributed by atoms with E-state index in [0.29, 0.717) is 28.0 Å². The smallest absolute Gasteiger partial charge is 0.337 e. The van der Waals surface area contributed by atoms with Crippen LogP contribution < -0.4 is 10.1 Å². The molecule has 0 aliphatic rings. The molecular weight excluding hydrogens is 452 g/mol. The van der Waals surface area contributed by atoms with Gasteiger partial charge in [0.1, 0.15) is 5.75 Å². The number of benzene rings is 3. The van der Waals surface area contributed by atoms with E-state index < -0.39 is 5.97 Å². The van der Waals surface area contributed by atoms with Crippen LogP contribution in [0.15, 0.2) is 84.0 Å². The Morgan fingerprint density at radius 2 is 1.62 bits per heavy atom. The number of rotatable bonds is 8. The molecule has 0 fully saturated rings. The van der Waals surface area contributed by atoms with Gasteiger partial charge in [-0.3, -0.25) is 9.36 Å². The number of methoxy groups -OCH3 is 2. The first-order valence-electron chi connectivity index (χ1n) is 10.4. The number of hydrogen-bond donors (Lipinski definition) is 1. The summed E-state index contributed by atoms with van der Waals surface area (Å²) < 4.78 is 12.1. The second kappa shape index (κ2) is 10.7. The van der Waals surface area contributed by atoms with Crippen molar-refractivity contribution < 1.29 is 19.1 Å². The van der Waals surface area contributed by atoms with E-state index in [1.54, 1.807) is 31.4 Å². The van der Waals surface area contributed by atoms with Gasteiger partial charge in [0.2, 0.25) is 5.91 Å². The minimum absolute atomic E-state index is 0.112. The van der Waals surface area contributed by atoms with Gasteiger partial charge in [-0.2, -0.15) is 0 Å². The highest BCUT2D eigenvalue weighted by Gasteiger charge is 2.19. The van der Waals surface area contributed by atoms with E-state index in [9.17, 15) is 9.59 Å². The second-order valence-corrected chi connectivity index (χ2v) is 8.03. The van der Waals surface area contributed by atoms with Gasteiger partial charge in [-0.05, 0) is 36.4 Å². The highest BCUT2D eigenvalue weighted by atomic mass is 32.2. The van der Waals surface area contributed by atoms with Crippen LogP contribution in [0.1, 0.15) is 10.4 Å². The molecule has 0 spiro atoms. The van der Waals surface area contributed by atoms with Gasteiger partial charge >= 0.3 is 5.97 Å². The highest BCUT2D eigenvalue weighted by molar-refractivity contribution is 7.99. The van der Waals surface area contributed by atoms with E-state index in [-0.39, 0.29) is 11.7 Å². The predicted octanol–water partition coefficient (Wildman–Crippen LogP) is 4.46. The summed E-state index contributed by atoms with van der Waals surface area (Å²) in [6.07, 6.45) is 0. The van der Waals surface area contributed by atoms with Crippen molar-refractivity contribution in [3.05, 3.63) is 84.4 Å². The molecule has 4 rings (SSSR count). The molecule has 0 unspecified atom stereocenters. The fraction of sp³-hybridized carbons (Fsp3) is 0.120. The first kappa shape index (κ1) is 23.1. The Labute approximate surface area is 200 Å². The number of nitrogens with one attached hydrogen (secondary N) is 1. The monoisotopic (exact) mass is 474 g/mol. The van der Waals surface area contributed by atoms with Gasteiger partial charge in [0.05, 0.1) is 31.2 Å². The van der Waals surface area contributed by atoms with Crippen molar-refractivity contribution >= 4 is 29.3 Å². The third-order valence-electron chi connectivity index (χ3n) is 4.91. The van der Waals surface area contributed by atoms with Crippen molar-refractivity contribution in [3.8, 4) is 22.8 Å². The summed E-state index contributed by atoms with van der Waals surface area (Å²) in [5.74, 6) is 0.772. The van der Waals surface area contributed by atoms with Crippen molar-refractivity contribution in [2.45, 2.75) is 5.16 Å². The number of carbonyl (C=O) groups excluding carboxylic acids is 2. The number of nitrogens with zero attached hydrogens (tertiary/aromatic N) is 3. The number of amides is 1. The third-order valence-corrected chi connectivity index (χ3v) is 5.84. The Kier molecular flexibility index (Phi) is 7.24.